The lowest BCUT2D eigenvalue weighted by molar-refractivity contribution is -0.139. The number of carbonyl (C=O) groups excluding carboxylic acids is 2. The van der Waals surface area contributed by atoms with Crippen LogP contribution in [0.2, 0.25) is 5.02 Å². The zero-order chi connectivity index (χ0) is 26.3. The summed E-state index contributed by atoms with van der Waals surface area (Å²) in [6.07, 6.45) is 0. The van der Waals surface area contributed by atoms with E-state index in [9.17, 15) is 22.4 Å². The minimum atomic E-state index is -4.16. The van der Waals surface area contributed by atoms with Gasteiger partial charge in [-0.2, -0.15) is 0 Å². The van der Waals surface area contributed by atoms with Crippen molar-refractivity contribution in [2.75, 3.05) is 17.4 Å². The summed E-state index contributed by atoms with van der Waals surface area (Å²) in [6, 6.07) is 18.5. The van der Waals surface area contributed by atoms with E-state index in [0.717, 1.165) is 4.31 Å². The first-order valence-electron chi connectivity index (χ1n) is 11.3. The maximum Gasteiger partial charge on any atom is 0.264 e. The standard InChI is InChI=1S/C26H27ClFN3O4S/c1-3-29-26(33)19(2)30(17-20-12-14-22(28)15-13-20)25(32)18-31(23-9-7-8-21(27)16-23)36(34,35)24-10-5-4-6-11-24/h4-16,19H,3,17-18H2,1-2H3,(H,29,33). The maximum absolute atomic E-state index is 13.6. The van der Waals surface area contributed by atoms with Gasteiger partial charge >= 0.3 is 0 Å². The van der Waals surface area contributed by atoms with Crippen LogP contribution in [0.4, 0.5) is 10.1 Å². The highest BCUT2D eigenvalue weighted by atomic mass is 35.5. The largest absolute Gasteiger partial charge is 0.355 e. The highest BCUT2D eigenvalue weighted by Gasteiger charge is 2.32. The Labute approximate surface area is 215 Å². The van der Waals surface area contributed by atoms with E-state index in [1.165, 1.54) is 53.4 Å². The number of amides is 2. The Morgan fingerprint density at radius 3 is 2.28 bits per heavy atom. The number of nitrogens with zero attached hydrogens (tertiary/aromatic N) is 2. The molecule has 0 aliphatic carbocycles. The molecule has 0 spiro atoms. The lowest BCUT2D eigenvalue weighted by Gasteiger charge is -2.32. The molecule has 1 unspecified atom stereocenters. The van der Waals surface area contributed by atoms with E-state index in [4.69, 9.17) is 11.6 Å². The van der Waals surface area contributed by atoms with Gasteiger partial charge in [0, 0.05) is 18.1 Å². The third-order valence-corrected chi connectivity index (χ3v) is 7.51. The summed E-state index contributed by atoms with van der Waals surface area (Å²) in [7, 11) is -4.16. The predicted molar refractivity (Wildman–Crippen MR) is 138 cm³/mol. The molecule has 0 saturated carbocycles. The Balaban J connectivity index is 2.01. The third kappa shape index (κ3) is 6.61. The summed E-state index contributed by atoms with van der Waals surface area (Å²) in [5.74, 6) is -1.44. The lowest BCUT2D eigenvalue weighted by atomic mass is 10.1. The average molecular weight is 532 g/mol. The van der Waals surface area contributed by atoms with Crippen LogP contribution in [0.25, 0.3) is 0 Å². The number of halogens is 2. The van der Waals surface area contributed by atoms with Gasteiger partial charge in [-0.05, 0) is 61.9 Å². The van der Waals surface area contributed by atoms with Crippen LogP contribution in [0, 0.1) is 5.82 Å². The van der Waals surface area contributed by atoms with E-state index in [-0.39, 0.29) is 17.1 Å². The Kier molecular flexibility index (Phi) is 9.06. The van der Waals surface area contributed by atoms with Crippen LogP contribution in [0.1, 0.15) is 19.4 Å². The van der Waals surface area contributed by atoms with E-state index in [0.29, 0.717) is 17.1 Å². The molecule has 0 radical (unpaired) electrons. The fourth-order valence-corrected chi connectivity index (χ4v) is 5.18. The van der Waals surface area contributed by atoms with Crippen LogP contribution in [-0.4, -0.2) is 44.3 Å². The maximum atomic E-state index is 13.6. The van der Waals surface area contributed by atoms with Crippen molar-refractivity contribution in [1.82, 2.24) is 10.2 Å². The van der Waals surface area contributed by atoms with E-state index >= 15 is 0 Å². The van der Waals surface area contributed by atoms with E-state index in [1.54, 1.807) is 44.2 Å². The van der Waals surface area contributed by atoms with E-state index < -0.39 is 40.2 Å². The zero-order valence-corrected chi connectivity index (χ0v) is 21.5. The molecule has 3 rings (SSSR count). The molecule has 10 heteroatoms. The first-order valence-corrected chi connectivity index (χ1v) is 13.1. The Bertz CT molecular complexity index is 1300. The molecule has 0 saturated heterocycles. The molecular weight excluding hydrogens is 505 g/mol. The van der Waals surface area contributed by atoms with Crippen molar-refractivity contribution >= 4 is 39.1 Å². The summed E-state index contributed by atoms with van der Waals surface area (Å²) in [6.45, 7) is 3.07. The van der Waals surface area contributed by atoms with Crippen molar-refractivity contribution in [3.05, 3.63) is 95.3 Å². The number of anilines is 1. The van der Waals surface area contributed by atoms with Crippen molar-refractivity contribution in [2.24, 2.45) is 0 Å². The number of hydrogen-bond acceptors (Lipinski definition) is 4. The molecule has 0 aromatic heterocycles. The molecule has 7 nitrogen and oxygen atoms in total. The highest BCUT2D eigenvalue weighted by molar-refractivity contribution is 7.92. The predicted octanol–water partition coefficient (Wildman–Crippen LogP) is 4.23. The van der Waals surface area contributed by atoms with Crippen LogP contribution < -0.4 is 9.62 Å². The van der Waals surface area contributed by atoms with Crippen molar-refractivity contribution in [2.45, 2.75) is 31.3 Å². The Morgan fingerprint density at radius 2 is 1.67 bits per heavy atom. The second kappa shape index (κ2) is 12.0. The summed E-state index contributed by atoms with van der Waals surface area (Å²) in [5.41, 5.74) is 0.785. The van der Waals surface area contributed by atoms with E-state index in [1.807, 2.05) is 0 Å². The summed E-state index contributed by atoms with van der Waals surface area (Å²) in [4.78, 5) is 27.6. The minimum absolute atomic E-state index is 0.000338. The molecule has 2 amide bonds. The van der Waals surface area contributed by atoms with Gasteiger partial charge in [0.15, 0.2) is 0 Å². The van der Waals surface area contributed by atoms with Gasteiger partial charge in [0.25, 0.3) is 10.0 Å². The van der Waals surface area contributed by atoms with Crippen LogP contribution >= 0.6 is 11.6 Å². The second-order valence-corrected chi connectivity index (χ2v) is 10.3. The number of benzene rings is 3. The highest BCUT2D eigenvalue weighted by Crippen LogP contribution is 2.26. The third-order valence-electron chi connectivity index (χ3n) is 5.49. The van der Waals surface area contributed by atoms with Gasteiger partial charge in [0.2, 0.25) is 11.8 Å². The topological polar surface area (TPSA) is 86.8 Å². The quantitative estimate of drug-likeness (QED) is 0.424. The molecule has 1 atom stereocenters. The monoisotopic (exact) mass is 531 g/mol. The number of likely N-dealkylation sites (N-methyl/N-ethyl adjacent to an activating group) is 1. The van der Waals surface area contributed by atoms with Crippen LogP contribution in [-0.2, 0) is 26.2 Å². The fourth-order valence-electron chi connectivity index (χ4n) is 3.57. The van der Waals surface area contributed by atoms with Gasteiger partial charge in [-0.25, -0.2) is 12.8 Å². The normalized spacial score (nSPS) is 12.0. The van der Waals surface area contributed by atoms with Crippen molar-refractivity contribution < 1.29 is 22.4 Å². The first kappa shape index (κ1) is 27.2. The molecule has 1 N–H and O–H groups in total. The van der Waals surface area contributed by atoms with Crippen LogP contribution in [0.5, 0.6) is 0 Å². The van der Waals surface area contributed by atoms with Gasteiger partial charge in [-0.1, -0.05) is 48.0 Å². The lowest BCUT2D eigenvalue weighted by Crippen LogP contribution is -2.51. The van der Waals surface area contributed by atoms with Gasteiger partial charge < -0.3 is 10.2 Å². The number of rotatable bonds is 10. The molecule has 0 bridgehead atoms. The van der Waals surface area contributed by atoms with Gasteiger partial charge in [0.05, 0.1) is 10.6 Å². The van der Waals surface area contributed by atoms with Crippen molar-refractivity contribution in [3.63, 3.8) is 0 Å². The van der Waals surface area contributed by atoms with Crippen LogP contribution in [0.3, 0.4) is 0 Å². The van der Waals surface area contributed by atoms with Gasteiger partial charge in [-0.15, -0.1) is 0 Å². The van der Waals surface area contributed by atoms with Crippen molar-refractivity contribution in [1.29, 1.82) is 0 Å². The fraction of sp³-hybridized carbons (Fsp3) is 0.231. The molecule has 3 aromatic rings. The molecular formula is C26H27ClFN3O4S. The molecule has 0 aliphatic heterocycles. The summed E-state index contributed by atoms with van der Waals surface area (Å²) >= 11 is 6.13. The summed E-state index contributed by atoms with van der Waals surface area (Å²) < 4.78 is 41.6. The molecule has 0 fully saturated rings. The average Bonchev–Trinajstić information content (AvgIpc) is 2.87. The zero-order valence-electron chi connectivity index (χ0n) is 19.9. The molecule has 190 valence electrons. The summed E-state index contributed by atoms with van der Waals surface area (Å²) in [5, 5.41) is 2.98. The first-order chi connectivity index (χ1) is 17.1. The Morgan fingerprint density at radius 1 is 1.00 bits per heavy atom. The minimum Gasteiger partial charge on any atom is -0.355 e. The number of hydrogen-bond donors (Lipinski definition) is 1. The number of carbonyl (C=O) groups is 2. The van der Waals surface area contributed by atoms with Crippen molar-refractivity contribution in [3.8, 4) is 0 Å². The van der Waals surface area contributed by atoms with Crippen LogP contribution in [0.15, 0.2) is 83.8 Å². The number of nitrogens with one attached hydrogen (secondary N) is 1. The SMILES string of the molecule is CCNC(=O)C(C)N(Cc1ccc(F)cc1)C(=O)CN(c1cccc(Cl)c1)S(=O)(=O)c1ccccc1. The van der Waals surface area contributed by atoms with E-state index in [2.05, 4.69) is 5.32 Å². The van der Waals surface area contributed by atoms with Gasteiger partial charge in [-0.3, -0.25) is 13.9 Å². The molecule has 0 heterocycles. The molecule has 36 heavy (non-hydrogen) atoms. The number of sulfonamides is 1. The Hall–Kier alpha value is -3.43. The smallest absolute Gasteiger partial charge is 0.264 e. The van der Waals surface area contributed by atoms with Gasteiger partial charge in [0.1, 0.15) is 18.4 Å². The molecule has 3 aromatic carbocycles. The molecule has 0 aliphatic rings. The second-order valence-electron chi connectivity index (χ2n) is 8.02.